The summed E-state index contributed by atoms with van der Waals surface area (Å²) in [4.78, 5) is 14.8. The zero-order chi connectivity index (χ0) is 20.1. The molecule has 0 atom stereocenters. The van der Waals surface area contributed by atoms with Crippen molar-refractivity contribution < 1.29 is 9.21 Å². The van der Waals surface area contributed by atoms with Crippen molar-refractivity contribution in [2.24, 2.45) is 0 Å². The Balaban J connectivity index is 1.36. The van der Waals surface area contributed by atoms with E-state index in [2.05, 4.69) is 39.1 Å². The Bertz CT molecular complexity index is 960. The van der Waals surface area contributed by atoms with Crippen LogP contribution in [0.2, 0.25) is 0 Å². The molecule has 4 rings (SSSR count). The number of anilines is 2. The third-order valence-corrected chi connectivity index (χ3v) is 5.69. The van der Waals surface area contributed by atoms with Crippen molar-refractivity contribution in [1.29, 1.82) is 0 Å². The molecule has 3 heterocycles. The van der Waals surface area contributed by atoms with Crippen molar-refractivity contribution in [2.45, 2.75) is 24.5 Å². The lowest BCUT2D eigenvalue weighted by molar-refractivity contribution is -0.113. The van der Waals surface area contributed by atoms with Gasteiger partial charge in [0.2, 0.25) is 11.7 Å². The molecule has 29 heavy (non-hydrogen) atoms. The minimum absolute atomic E-state index is 0.0865. The number of carbonyl (C=O) groups excluding carboxylic acids is 1. The maximum absolute atomic E-state index is 12.4. The predicted molar refractivity (Wildman–Crippen MR) is 115 cm³/mol. The van der Waals surface area contributed by atoms with E-state index in [1.54, 1.807) is 18.4 Å². The lowest BCUT2D eigenvalue weighted by atomic mass is 10.2. The number of aromatic nitrogens is 3. The third-order valence-electron chi connectivity index (χ3n) is 4.72. The smallest absolute Gasteiger partial charge is 0.234 e. The van der Waals surface area contributed by atoms with Gasteiger partial charge in [0.05, 0.1) is 12.0 Å². The molecule has 2 aromatic heterocycles. The van der Waals surface area contributed by atoms with E-state index < -0.39 is 0 Å². The third kappa shape index (κ3) is 4.54. The summed E-state index contributed by atoms with van der Waals surface area (Å²) in [6.07, 6.45) is 5.85. The molecule has 1 saturated heterocycles. The zero-order valence-electron chi connectivity index (χ0n) is 16.1. The van der Waals surface area contributed by atoms with Crippen molar-refractivity contribution in [3.05, 3.63) is 55.3 Å². The molecule has 3 aromatic rings. The predicted octanol–water partition coefficient (Wildman–Crippen LogP) is 4.06. The van der Waals surface area contributed by atoms with Gasteiger partial charge in [-0.25, -0.2) is 0 Å². The molecule has 1 aliphatic heterocycles. The zero-order valence-corrected chi connectivity index (χ0v) is 16.9. The number of nitrogens with one attached hydrogen (secondary N) is 1. The number of hydrogen-bond acceptors (Lipinski definition) is 6. The van der Waals surface area contributed by atoms with Gasteiger partial charge < -0.3 is 14.6 Å². The highest BCUT2D eigenvalue weighted by molar-refractivity contribution is 7.99. The topological polar surface area (TPSA) is 76.2 Å². The molecule has 0 bridgehead atoms. The second-order valence-electron chi connectivity index (χ2n) is 6.76. The Kier molecular flexibility index (Phi) is 6.00. The van der Waals surface area contributed by atoms with E-state index in [0.29, 0.717) is 23.3 Å². The molecular weight excluding hydrogens is 386 g/mol. The van der Waals surface area contributed by atoms with Crippen molar-refractivity contribution in [2.75, 3.05) is 29.1 Å². The van der Waals surface area contributed by atoms with Crippen molar-refractivity contribution in [3.63, 3.8) is 0 Å². The Morgan fingerprint density at radius 2 is 2.00 bits per heavy atom. The SMILES string of the molecule is C=CCn1c(SCC(=O)Nc2ccc(N3CCCC3)cc2)nnc1-c1ccco1. The van der Waals surface area contributed by atoms with Crippen LogP contribution in [0.3, 0.4) is 0 Å². The van der Waals surface area contributed by atoms with Crippen LogP contribution < -0.4 is 10.2 Å². The molecule has 0 spiro atoms. The van der Waals surface area contributed by atoms with E-state index in [0.717, 1.165) is 18.8 Å². The summed E-state index contributed by atoms with van der Waals surface area (Å²) in [5.41, 5.74) is 2.00. The highest BCUT2D eigenvalue weighted by Gasteiger charge is 2.17. The first-order chi connectivity index (χ1) is 14.2. The summed E-state index contributed by atoms with van der Waals surface area (Å²) in [5.74, 6) is 1.40. The van der Waals surface area contributed by atoms with Gasteiger partial charge in [-0.2, -0.15) is 0 Å². The molecule has 1 aromatic carbocycles. The molecule has 1 aliphatic rings. The van der Waals surface area contributed by atoms with Crippen LogP contribution in [0.4, 0.5) is 11.4 Å². The van der Waals surface area contributed by atoms with Crippen LogP contribution in [0.1, 0.15) is 12.8 Å². The molecule has 0 radical (unpaired) electrons. The standard InChI is InChI=1S/C21H23N5O2S/c1-2-11-26-20(18-6-5-14-28-18)23-24-21(26)29-15-19(27)22-16-7-9-17(10-8-16)25-12-3-4-13-25/h2,5-10,14H,1,3-4,11-13,15H2,(H,22,27). The largest absolute Gasteiger partial charge is 0.461 e. The van der Waals surface area contributed by atoms with Gasteiger partial charge in [0, 0.05) is 31.0 Å². The number of nitrogens with zero attached hydrogens (tertiary/aromatic N) is 4. The van der Waals surface area contributed by atoms with Gasteiger partial charge in [-0.3, -0.25) is 9.36 Å². The highest BCUT2D eigenvalue weighted by atomic mass is 32.2. The van der Waals surface area contributed by atoms with Gasteiger partial charge in [-0.15, -0.1) is 16.8 Å². The second kappa shape index (κ2) is 9.00. The number of amides is 1. The summed E-state index contributed by atoms with van der Waals surface area (Å²) in [6, 6.07) is 11.7. The van der Waals surface area contributed by atoms with Crippen LogP contribution in [0.25, 0.3) is 11.6 Å². The molecule has 0 unspecified atom stereocenters. The van der Waals surface area contributed by atoms with Gasteiger partial charge in [0.15, 0.2) is 10.9 Å². The number of hydrogen-bond donors (Lipinski definition) is 1. The number of allylic oxidation sites excluding steroid dienone is 1. The number of thioether (sulfide) groups is 1. The normalized spacial score (nSPS) is 13.6. The molecule has 0 aliphatic carbocycles. The van der Waals surface area contributed by atoms with E-state index in [1.807, 2.05) is 22.8 Å². The molecule has 0 saturated carbocycles. The number of furan rings is 1. The van der Waals surface area contributed by atoms with Crippen molar-refractivity contribution >= 4 is 29.0 Å². The Labute approximate surface area is 173 Å². The molecular formula is C21H23N5O2S. The first kappa shape index (κ1) is 19.3. The second-order valence-corrected chi connectivity index (χ2v) is 7.70. The van der Waals surface area contributed by atoms with E-state index in [4.69, 9.17) is 4.42 Å². The fraction of sp³-hybridized carbons (Fsp3) is 0.286. The molecule has 150 valence electrons. The average molecular weight is 410 g/mol. The summed E-state index contributed by atoms with van der Waals surface area (Å²) < 4.78 is 7.30. The maximum Gasteiger partial charge on any atom is 0.234 e. The van der Waals surface area contributed by atoms with Gasteiger partial charge in [0.1, 0.15) is 0 Å². The summed E-state index contributed by atoms with van der Waals surface area (Å²) in [6.45, 7) is 6.53. The summed E-state index contributed by atoms with van der Waals surface area (Å²) in [5, 5.41) is 12.0. The van der Waals surface area contributed by atoms with Crippen LogP contribution in [0.5, 0.6) is 0 Å². The molecule has 1 N–H and O–H groups in total. The first-order valence-corrected chi connectivity index (χ1v) is 10.6. The minimum atomic E-state index is -0.0865. The van der Waals surface area contributed by atoms with Crippen LogP contribution >= 0.6 is 11.8 Å². The minimum Gasteiger partial charge on any atom is -0.461 e. The van der Waals surface area contributed by atoms with Crippen LogP contribution in [0, 0.1) is 0 Å². The number of rotatable bonds is 8. The first-order valence-electron chi connectivity index (χ1n) is 9.60. The maximum atomic E-state index is 12.4. The van der Waals surface area contributed by atoms with E-state index in [-0.39, 0.29) is 11.7 Å². The fourth-order valence-electron chi connectivity index (χ4n) is 3.34. The lowest BCUT2D eigenvalue weighted by Crippen LogP contribution is -2.18. The Morgan fingerprint density at radius 1 is 1.21 bits per heavy atom. The van der Waals surface area contributed by atoms with Crippen LogP contribution in [-0.2, 0) is 11.3 Å². The van der Waals surface area contributed by atoms with Gasteiger partial charge in [0.25, 0.3) is 0 Å². The fourth-order valence-corrected chi connectivity index (χ4v) is 4.08. The van der Waals surface area contributed by atoms with E-state index >= 15 is 0 Å². The van der Waals surface area contributed by atoms with E-state index in [1.165, 1.54) is 30.3 Å². The van der Waals surface area contributed by atoms with Gasteiger partial charge in [-0.05, 0) is 49.2 Å². The van der Waals surface area contributed by atoms with Crippen molar-refractivity contribution in [3.8, 4) is 11.6 Å². The summed E-state index contributed by atoms with van der Waals surface area (Å²) >= 11 is 1.34. The molecule has 1 amide bonds. The lowest BCUT2D eigenvalue weighted by Gasteiger charge is -2.17. The van der Waals surface area contributed by atoms with Gasteiger partial charge >= 0.3 is 0 Å². The monoisotopic (exact) mass is 409 g/mol. The number of carbonyl (C=O) groups is 1. The molecule has 8 heteroatoms. The quantitative estimate of drug-likeness (QED) is 0.447. The Hall–Kier alpha value is -3.00. The highest BCUT2D eigenvalue weighted by Crippen LogP contribution is 2.25. The van der Waals surface area contributed by atoms with Crippen molar-refractivity contribution in [1.82, 2.24) is 14.8 Å². The molecule has 1 fully saturated rings. The van der Waals surface area contributed by atoms with Gasteiger partial charge in [-0.1, -0.05) is 17.8 Å². The van der Waals surface area contributed by atoms with E-state index in [9.17, 15) is 4.79 Å². The summed E-state index contributed by atoms with van der Waals surface area (Å²) in [7, 11) is 0. The average Bonchev–Trinajstić information content (AvgIpc) is 3.49. The number of benzene rings is 1. The van der Waals surface area contributed by atoms with Crippen LogP contribution in [-0.4, -0.2) is 39.5 Å². The molecule has 7 nitrogen and oxygen atoms in total. The van der Waals surface area contributed by atoms with Crippen LogP contribution in [0.15, 0.2) is 64.9 Å². The Morgan fingerprint density at radius 3 is 2.69 bits per heavy atom.